The van der Waals surface area contributed by atoms with Crippen molar-refractivity contribution in [2.24, 2.45) is 5.73 Å². The summed E-state index contributed by atoms with van der Waals surface area (Å²) in [5, 5.41) is 8.44. The lowest BCUT2D eigenvalue weighted by molar-refractivity contribution is -0.131. The van der Waals surface area contributed by atoms with Crippen molar-refractivity contribution in [3.8, 4) is 6.07 Å². The van der Waals surface area contributed by atoms with Gasteiger partial charge in [-0.2, -0.15) is 5.26 Å². The number of hydrogen-bond acceptors (Lipinski definition) is 3. The second-order valence-corrected chi connectivity index (χ2v) is 4.37. The van der Waals surface area contributed by atoms with Crippen LogP contribution in [0.4, 0.5) is 0 Å². The summed E-state index contributed by atoms with van der Waals surface area (Å²) >= 11 is 0. The van der Waals surface area contributed by atoms with E-state index in [1.54, 1.807) is 4.90 Å². The smallest absolute Gasteiger partial charge is 0.222 e. The SMILES string of the molecule is CCN(CCC#N)C(=O)CCC(C)(C)N. The first-order valence-electron chi connectivity index (χ1n) is 5.34. The summed E-state index contributed by atoms with van der Waals surface area (Å²) in [4.78, 5) is 13.4. The van der Waals surface area contributed by atoms with Crippen molar-refractivity contribution in [2.75, 3.05) is 13.1 Å². The third-order valence-corrected chi connectivity index (χ3v) is 2.21. The molecule has 0 aromatic carbocycles. The fraction of sp³-hybridized carbons (Fsp3) is 0.818. The monoisotopic (exact) mass is 211 g/mol. The number of carbonyl (C=O) groups excluding carboxylic acids is 1. The summed E-state index contributed by atoms with van der Waals surface area (Å²) < 4.78 is 0. The zero-order valence-electron chi connectivity index (χ0n) is 9.92. The Hall–Kier alpha value is -1.08. The highest BCUT2D eigenvalue weighted by Gasteiger charge is 2.16. The molecule has 0 saturated carbocycles. The minimum atomic E-state index is -0.301. The molecule has 2 N–H and O–H groups in total. The molecule has 4 nitrogen and oxygen atoms in total. The molecule has 0 saturated heterocycles. The molecular weight excluding hydrogens is 190 g/mol. The minimum Gasteiger partial charge on any atom is -0.342 e. The quantitative estimate of drug-likeness (QED) is 0.719. The fourth-order valence-electron chi connectivity index (χ4n) is 1.23. The predicted molar refractivity (Wildman–Crippen MR) is 60.0 cm³/mol. The molecule has 0 atom stereocenters. The van der Waals surface area contributed by atoms with Gasteiger partial charge in [-0.1, -0.05) is 0 Å². The van der Waals surface area contributed by atoms with Gasteiger partial charge in [0.05, 0.1) is 12.5 Å². The van der Waals surface area contributed by atoms with Crippen molar-refractivity contribution in [3.05, 3.63) is 0 Å². The first-order chi connectivity index (χ1) is 6.90. The average molecular weight is 211 g/mol. The van der Waals surface area contributed by atoms with E-state index >= 15 is 0 Å². The number of amides is 1. The molecule has 0 aromatic rings. The molecule has 0 aliphatic carbocycles. The molecule has 0 bridgehead atoms. The van der Waals surface area contributed by atoms with Gasteiger partial charge in [0.2, 0.25) is 5.91 Å². The maximum absolute atomic E-state index is 11.7. The van der Waals surface area contributed by atoms with E-state index in [9.17, 15) is 4.79 Å². The summed E-state index contributed by atoms with van der Waals surface area (Å²) in [6.45, 7) is 6.92. The van der Waals surface area contributed by atoms with Crippen molar-refractivity contribution in [3.63, 3.8) is 0 Å². The van der Waals surface area contributed by atoms with Gasteiger partial charge < -0.3 is 10.6 Å². The number of hydrogen-bond donors (Lipinski definition) is 1. The molecule has 1 amide bonds. The fourth-order valence-corrected chi connectivity index (χ4v) is 1.23. The molecule has 0 rings (SSSR count). The third kappa shape index (κ3) is 6.92. The first kappa shape index (κ1) is 13.9. The molecule has 0 heterocycles. The normalized spacial score (nSPS) is 10.9. The second kappa shape index (κ2) is 6.41. The van der Waals surface area contributed by atoms with Gasteiger partial charge in [-0.25, -0.2) is 0 Å². The van der Waals surface area contributed by atoms with Crippen LogP contribution < -0.4 is 5.73 Å². The van der Waals surface area contributed by atoms with E-state index < -0.39 is 0 Å². The lowest BCUT2D eigenvalue weighted by atomic mass is 10.00. The van der Waals surface area contributed by atoms with Crippen molar-refractivity contribution >= 4 is 5.91 Å². The lowest BCUT2D eigenvalue weighted by Crippen LogP contribution is -2.36. The van der Waals surface area contributed by atoms with Gasteiger partial charge >= 0.3 is 0 Å². The zero-order chi connectivity index (χ0) is 11.9. The van der Waals surface area contributed by atoms with Crippen LogP contribution in [0.3, 0.4) is 0 Å². The summed E-state index contributed by atoms with van der Waals surface area (Å²) in [7, 11) is 0. The molecule has 0 fully saturated rings. The van der Waals surface area contributed by atoms with Crippen LogP contribution >= 0.6 is 0 Å². The van der Waals surface area contributed by atoms with Gasteiger partial charge in [-0.15, -0.1) is 0 Å². The van der Waals surface area contributed by atoms with E-state index in [2.05, 4.69) is 0 Å². The summed E-state index contributed by atoms with van der Waals surface area (Å²) in [5.41, 5.74) is 5.50. The predicted octanol–water partition coefficient (Wildman–Crippen LogP) is 1.27. The summed E-state index contributed by atoms with van der Waals surface area (Å²) in [6.07, 6.45) is 1.53. The minimum absolute atomic E-state index is 0.0891. The zero-order valence-corrected chi connectivity index (χ0v) is 9.92. The number of carbonyl (C=O) groups is 1. The third-order valence-electron chi connectivity index (χ3n) is 2.21. The van der Waals surface area contributed by atoms with Gasteiger partial charge in [0, 0.05) is 25.0 Å². The number of nitrogens with zero attached hydrogens (tertiary/aromatic N) is 2. The number of rotatable bonds is 6. The molecule has 0 aliphatic heterocycles. The van der Waals surface area contributed by atoms with Crippen LogP contribution in [0.1, 0.15) is 40.0 Å². The summed E-state index contributed by atoms with van der Waals surface area (Å²) in [5.74, 6) is 0.0891. The van der Waals surface area contributed by atoms with E-state index in [0.717, 1.165) is 0 Å². The highest BCUT2D eigenvalue weighted by atomic mass is 16.2. The van der Waals surface area contributed by atoms with Crippen LogP contribution in [-0.4, -0.2) is 29.4 Å². The van der Waals surface area contributed by atoms with Gasteiger partial charge in [0.25, 0.3) is 0 Å². The Kier molecular flexibility index (Phi) is 5.95. The largest absolute Gasteiger partial charge is 0.342 e. The van der Waals surface area contributed by atoms with Crippen molar-refractivity contribution in [1.82, 2.24) is 4.90 Å². The van der Waals surface area contributed by atoms with Gasteiger partial charge in [0.1, 0.15) is 0 Å². The van der Waals surface area contributed by atoms with Crippen LogP contribution in [-0.2, 0) is 4.79 Å². The molecule has 0 spiro atoms. The highest BCUT2D eigenvalue weighted by molar-refractivity contribution is 5.76. The Morgan fingerprint density at radius 3 is 2.53 bits per heavy atom. The maximum atomic E-state index is 11.7. The van der Waals surface area contributed by atoms with E-state index in [0.29, 0.717) is 32.4 Å². The van der Waals surface area contributed by atoms with Gasteiger partial charge in [0.15, 0.2) is 0 Å². The van der Waals surface area contributed by atoms with E-state index in [-0.39, 0.29) is 11.4 Å². The van der Waals surface area contributed by atoms with Gasteiger partial charge in [-0.05, 0) is 27.2 Å². The van der Waals surface area contributed by atoms with E-state index in [1.165, 1.54) is 0 Å². The standard InChI is InChI=1S/C11H21N3O/c1-4-14(9-5-8-12)10(15)6-7-11(2,3)13/h4-7,9,13H2,1-3H3. The Bertz CT molecular complexity index is 237. The van der Waals surface area contributed by atoms with Crippen LogP contribution in [0, 0.1) is 11.3 Å². The van der Waals surface area contributed by atoms with E-state index in [4.69, 9.17) is 11.0 Å². The molecule has 4 heteroatoms. The molecule has 0 radical (unpaired) electrons. The molecular formula is C11H21N3O. The Labute approximate surface area is 92.0 Å². The van der Waals surface area contributed by atoms with Gasteiger partial charge in [-0.3, -0.25) is 4.79 Å². The first-order valence-corrected chi connectivity index (χ1v) is 5.34. The van der Waals surface area contributed by atoms with E-state index in [1.807, 2.05) is 26.8 Å². The Morgan fingerprint density at radius 2 is 2.13 bits per heavy atom. The number of nitriles is 1. The van der Waals surface area contributed by atoms with Crippen LogP contribution in [0.15, 0.2) is 0 Å². The van der Waals surface area contributed by atoms with Crippen LogP contribution in [0.2, 0.25) is 0 Å². The Balaban J connectivity index is 4.00. The van der Waals surface area contributed by atoms with Crippen molar-refractivity contribution in [2.45, 2.75) is 45.6 Å². The average Bonchev–Trinajstić information content (AvgIpc) is 2.15. The molecule has 0 aliphatic rings. The Morgan fingerprint density at radius 1 is 1.53 bits per heavy atom. The lowest BCUT2D eigenvalue weighted by Gasteiger charge is -2.23. The topological polar surface area (TPSA) is 70.1 Å². The molecule has 15 heavy (non-hydrogen) atoms. The highest BCUT2D eigenvalue weighted by Crippen LogP contribution is 2.09. The second-order valence-electron chi connectivity index (χ2n) is 4.37. The summed E-state index contributed by atoms with van der Waals surface area (Å²) in [6, 6.07) is 2.04. The number of nitrogens with two attached hydrogens (primary N) is 1. The van der Waals surface area contributed by atoms with Crippen LogP contribution in [0.25, 0.3) is 0 Å². The molecule has 86 valence electrons. The molecule has 0 aromatic heterocycles. The van der Waals surface area contributed by atoms with Crippen LogP contribution in [0.5, 0.6) is 0 Å². The van der Waals surface area contributed by atoms with Crippen molar-refractivity contribution < 1.29 is 4.79 Å². The maximum Gasteiger partial charge on any atom is 0.222 e. The van der Waals surface area contributed by atoms with Crippen molar-refractivity contribution in [1.29, 1.82) is 5.26 Å². The molecule has 0 unspecified atom stereocenters.